The number of pyridine rings is 1. The van der Waals surface area contributed by atoms with Crippen LogP contribution in [0.15, 0.2) is 58.5 Å². The van der Waals surface area contributed by atoms with Gasteiger partial charge in [-0.25, -0.2) is 4.79 Å². The Labute approximate surface area is 163 Å². The van der Waals surface area contributed by atoms with E-state index in [4.69, 9.17) is 0 Å². The number of aryl methyl sites for hydroxylation is 1. The summed E-state index contributed by atoms with van der Waals surface area (Å²) in [6, 6.07) is 14.3. The SMILES string of the molecule is Cc1cccc(CSc2nc(=O)n(Cc3ccccn3)c3c2CCCC3)c1. The van der Waals surface area contributed by atoms with Gasteiger partial charge < -0.3 is 0 Å². The Balaban J connectivity index is 1.65. The van der Waals surface area contributed by atoms with E-state index in [2.05, 4.69) is 41.2 Å². The molecule has 4 nitrogen and oxygen atoms in total. The smallest absolute Gasteiger partial charge is 0.290 e. The zero-order valence-electron chi connectivity index (χ0n) is 15.5. The number of hydrogen-bond acceptors (Lipinski definition) is 4. The van der Waals surface area contributed by atoms with Crippen LogP contribution in [-0.4, -0.2) is 14.5 Å². The summed E-state index contributed by atoms with van der Waals surface area (Å²) in [5, 5.41) is 0.911. The molecular weight excluding hydrogens is 354 g/mol. The second kappa shape index (κ2) is 8.09. The highest BCUT2D eigenvalue weighted by molar-refractivity contribution is 7.98. The highest BCUT2D eigenvalue weighted by Crippen LogP contribution is 2.30. The minimum absolute atomic E-state index is 0.159. The molecule has 4 rings (SSSR count). The number of aromatic nitrogens is 3. The van der Waals surface area contributed by atoms with E-state index in [0.717, 1.165) is 47.8 Å². The third kappa shape index (κ3) is 4.14. The highest BCUT2D eigenvalue weighted by Gasteiger charge is 2.20. The van der Waals surface area contributed by atoms with Crippen molar-refractivity contribution < 1.29 is 0 Å². The topological polar surface area (TPSA) is 47.8 Å². The van der Waals surface area contributed by atoms with Gasteiger partial charge in [0.2, 0.25) is 0 Å². The first-order valence-electron chi connectivity index (χ1n) is 9.41. The number of benzene rings is 1. The normalized spacial score (nSPS) is 13.4. The molecule has 0 radical (unpaired) electrons. The molecule has 0 atom stereocenters. The number of thioether (sulfide) groups is 1. The van der Waals surface area contributed by atoms with Crippen molar-refractivity contribution in [3.63, 3.8) is 0 Å². The Morgan fingerprint density at radius 1 is 1.11 bits per heavy atom. The lowest BCUT2D eigenvalue weighted by Crippen LogP contribution is -2.30. The summed E-state index contributed by atoms with van der Waals surface area (Å²) < 4.78 is 1.83. The van der Waals surface area contributed by atoms with Crippen molar-refractivity contribution >= 4 is 11.8 Å². The standard InChI is InChI=1S/C22H23N3OS/c1-16-7-6-8-17(13-16)15-27-21-19-10-2-3-11-20(19)25(22(26)24-21)14-18-9-4-5-12-23-18/h4-9,12-13H,2-3,10-11,14-15H2,1H3. The van der Waals surface area contributed by atoms with E-state index in [1.807, 2.05) is 22.8 Å². The van der Waals surface area contributed by atoms with Crippen LogP contribution in [-0.2, 0) is 25.1 Å². The zero-order chi connectivity index (χ0) is 18.6. The molecule has 0 saturated carbocycles. The van der Waals surface area contributed by atoms with Crippen LogP contribution in [0.3, 0.4) is 0 Å². The monoisotopic (exact) mass is 377 g/mol. The lowest BCUT2D eigenvalue weighted by Gasteiger charge is -2.22. The third-order valence-electron chi connectivity index (χ3n) is 4.96. The third-order valence-corrected chi connectivity index (χ3v) is 6.04. The number of hydrogen-bond donors (Lipinski definition) is 0. The van der Waals surface area contributed by atoms with Gasteiger partial charge in [0, 0.05) is 23.2 Å². The second-order valence-electron chi connectivity index (χ2n) is 7.02. The summed E-state index contributed by atoms with van der Waals surface area (Å²) in [6.45, 7) is 2.60. The Morgan fingerprint density at radius 2 is 2.00 bits per heavy atom. The Hall–Kier alpha value is -2.40. The molecule has 3 aromatic rings. The lowest BCUT2D eigenvalue weighted by molar-refractivity contribution is 0.565. The lowest BCUT2D eigenvalue weighted by atomic mass is 9.97. The van der Waals surface area contributed by atoms with Crippen LogP contribution in [0.25, 0.3) is 0 Å². The molecule has 0 bridgehead atoms. The van der Waals surface area contributed by atoms with Crippen LogP contribution < -0.4 is 5.69 Å². The molecule has 0 fully saturated rings. The predicted octanol–water partition coefficient (Wildman–Crippen LogP) is 4.17. The molecule has 2 heterocycles. The van der Waals surface area contributed by atoms with Crippen LogP contribution in [0.2, 0.25) is 0 Å². The van der Waals surface area contributed by atoms with Gasteiger partial charge >= 0.3 is 5.69 Å². The highest BCUT2D eigenvalue weighted by atomic mass is 32.2. The fourth-order valence-electron chi connectivity index (χ4n) is 3.64. The quantitative estimate of drug-likeness (QED) is 0.495. The molecule has 0 saturated heterocycles. The van der Waals surface area contributed by atoms with Crippen molar-refractivity contribution in [2.45, 2.75) is 49.9 Å². The maximum Gasteiger partial charge on any atom is 0.349 e. The fourth-order valence-corrected chi connectivity index (χ4v) is 4.66. The van der Waals surface area contributed by atoms with Gasteiger partial charge in [-0.1, -0.05) is 35.9 Å². The number of fused-ring (bicyclic) bond motifs is 1. The minimum atomic E-state index is -0.159. The molecule has 1 aromatic carbocycles. The number of nitrogens with zero attached hydrogens (tertiary/aromatic N) is 3. The van der Waals surface area contributed by atoms with E-state index >= 15 is 0 Å². The van der Waals surface area contributed by atoms with E-state index in [0.29, 0.717) is 6.54 Å². The van der Waals surface area contributed by atoms with E-state index in [1.165, 1.54) is 16.7 Å². The maximum atomic E-state index is 12.8. The summed E-state index contributed by atoms with van der Waals surface area (Å²) in [7, 11) is 0. The molecular formula is C22H23N3OS. The second-order valence-corrected chi connectivity index (χ2v) is 7.98. The molecule has 1 aliphatic carbocycles. The van der Waals surface area contributed by atoms with Crippen molar-refractivity contribution in [2.24, 2.45) is 0 Å². The molecule has 1 aliphatic rings. The van der Waals surface area contributed by atoms with Gasteiger partial charge in [0.25, 0.3) is 0 Å². The number of rotatable bonds is 5. The van der Waals surface area contributed by atoms with Crippen molar-refractivity contribution in [3.05, 3.63) is 87.2 Å². The Morgan fingerprint density at radius 3 is 2.81 bits per heavy atom. The Bertz CT molecular complexity index is 998. The largest absolute Gasteiger partial charge is 0.349 e. The average molecular weight is 378 g/mol. The van der Waals surface area contributed by atoms with E-state index in [1.54, 1.807) is 18.0 Å². The van der Waals surface area contributed by atoms with Gasteiger partial charge in [-0.05, 0) is 50.3 Å². The first-order chi connectivity index (χ1) is 13.2. The molecule has 2 aromatic heterocycles. The molecule has 138 valence electrons. The van der Waals surface area contributed by atoms with E-state index < -0.39 is 0 Å². The maximum absolute atomic E-state index is 12.8. The minimum Gasteiger partial charge on any atom is -0.290 e. The predicted molar refractivity (Wildman–Crippen MR) is 109 cm³/mol. The summed E-state index contributed by atoms with van der Waals surface area (Å²) in [5.41, 5.74) is 5.67. The molecule has 0 amide bonds. The van der Waals surface area contributed by atoms with Gasteiger partial charge in [0.15, 0.2) is 0 Å². The fraction of sp³-hybridized carbons (Fsp3) is 0.318. The van der Waals surface area contributed by atoms with Gasteiger partial charge in [-0.3, -0.25) is 9.55 Å². The van der Waals surface area contributed by atoms with Gasteiger partial charge in [-0.15, -0.1) is 11.8 Å². The molecule has 0 N–H and O–H groups in total. The molecule has 27 heavy (non-hydrogen) atoms. The van der Waals surface area contributed by atoms with Crippen molar-refractivity contribution in [2.75, 3.05) is 0 Å². The molecule has 0 aliphatic heterocycles. The van der Waals surface area contributed by atoms with Crippen molar-refractivity contribution in [1.82, 2.24) is 14.5 Å². The summed E-state index contributed by atoms with van der Waals surface area (Å²) in [4.78, 5) is 21.6. The van der Waals surface area contributed by atoms with Crippen LogP contribution in [0.5, 0.6) is 0 Å². The van der Waals surface area contributed by atoms with Crippen LogP contribution >= 0.6 is 11.8 Å². The summed E-state index contributed by atoms with van der Waals surface area (Å²) in [6.07, 6.45) is 6.00. The van der Waals surface area contributed by atoms with Crippen molar-refractivity contribution in [1.29, 1.82) is 0 Å². The van der Waals surface area contributed by atoms with Gasteiger partial charge in [0.05, 0.1) is 12.2 Å². The first kappa shape index (κ1) is 18.0. The van der Waals surface area contributed by atoms with Crippen LogP contribution in [0.1, 0.15) is 40.9 Å². The first-order valence-corrected chi connectivity index (χ1v) is 10.4. The summed E-state index contributed by atoms with van der Waals surface area (Å²) in [5.74, 6) is 0.838. The van der Waals surface area contributed by atoms with Crippen LogP contribution in [0, 0.1) is 6.92 Å². The molecule has 5 heteroatoms. The molecule has 0 unspecified atom stereocenters. The van der Waals surface area contributed by atoms with E-state index in [-0.39, 0.29) is 5.69 Å². The summed E-state index contributed by atoms with van der Waals surface area (Å²) >= 11 is 1.69. The van der Waals surface area contributed by atoms with Gasteiger partial charge in [0.1, 0.15) is 5.03 Å². The average Bonchev–Trinajstić information content (AvgIpc) is 2.70. The molecule has 0 spiro atoms. The Kier molecular flexibility index (Phi) is 5.39. The van der Waals surface area contributed by atoms with E-state index in [9.17, 15) is 4.79 Å². The van der Waals surface area contributed by atoms with Crippen molar-refractivity contribution in [3.8, 4) is 0 Å². The zero-order valence-corrected chi connectivity index (χ0v) is 16.3. The van der Waals surface area contributed by atoms with Crippen LogP contribution in [0.4, 0.5) is 0 Å². The van der Waals surface area contributed by atoms with Gasteiger partial charge in [-0.2, -0.15) is 4.98 Å².